The van der Waals surface area contributed by atoms with Crippen molar-refractivity contribution in [3.05, 3.63) is 18.1 Å². The van der Waals surface area contributed by atoms with E-state index in [0.717, 1.165) is 13.0 Å². The van der Waals surface area contributed by atoms with Gasteiger partial charge in [0.25, 0.3) is 5.91 Å². The molecule has 19 heavy (non-hydrogen) atoms. The number of amides is 1. The summed E-state index contributed by atoms with van der Waals surface area (Å²) >= 11 is 0. The lowest BCUT2D eigenvalue weighted by molar-refractivity contribution is -0.0228. The smallest absolute Gasteiger partial charge is 0.274 e. The Morgan fingerprint density at radius 2 is 2.37 bits per heavy atom. The van der Waals surface area contributed by atoms with Crippen molar-refractivity contribution in [2.75, 3.05) is 31.6 Å². The summed E-state index contributed by atoms with van der Waals surface area (Å²) in [4.78, 5) is 22.5. The molecule has 1 fully saturated rings. The van der Waals surface area contributed by atoms with Gasteiger partial charge in [0.05, 0.1) is 25.1 Å². The van der Waals surface area contributed by atoms with Crippen LogP contribution in [0.5, 0.6) is 0 Å². The van der Waals surface area contributed by atoms with Crippen molar-refractivity contribution in [1.82, 2.24) is 14.9 Å². The summed E-state index contributed by atoms with van der Waals surface area (Å²) in [6.45, 7) is 6.62. The second-order valence-corrected chi connectivity index (χ2v) is 4.47. The van der Waals surface area contributed by atoms with Crippen LogP contribution in [0, 0.1) is 0 Å². The lowest BCUT2D eigenvalue weighted by Crippen LogP contribution is -2.45. The summed E-state index contributed by atoms with van der Waals surface area (Å²) in [6, 6.07) is 0. The summed E-state index contributed by atoms with van der Waals surface area (Å²) in [5.41, 5.74) is 0.384. The molecule has 1 saturated heterocycles. The molecule has 0 bridgehead atoms. The molecule has 6 nitrogen and oxygen atoms in total. The Bertz CT molecular complexity index is 438. The van der Waals surface area contributed by atoms with Crippen molar-refractivity contribution in [2.24, 2.45) is 0 Å². The van der Waals surface area contributed by atoms with Gasteiger partial charge in [-0.05, 0) is 13.3 Å². The van der Waals surface area contributed by atoms with Crippen LogP contribution in [0.25, 0.3) is 0 Å². The van der Waals surface area contributed by atoms with Gasteiger partial charge >= 0.3 is 0 Å². The molecule has 1 aromatic rings. The standard InChI is InChI=1S/C13H20N4O2/c1-3-10-9-17(5-6-19-10)13(18)11-7-14-8-12(16-11)15-4-2/h7-8,10H,3-6,9H2,1-2H3,(H,15,16). The molecule has 1 N–H and O–H groups in total. The molecular weight excluding hydrogens is 244 g/mol. The highest BCUT2D eigenvalue weighted by Gasteiger charge is 2.25. The molecule has 0 radical (unpaired) electrons. The maximum absolute atomic E-state index is 12.4. The van der Waals surface area contributed by atoms with Gasteiger partial charge in [-0.15, -0.1) is 0 Å². The Morgan fingerprint density at radius 1 is 1.53 bits per heavy atom. The summed E-state index contributed by atoms with van der Waals surface area (Å²) in [5, 5.41) is 3.06. The summed E-state index contributed by atoms with van der Waals surface area (Å²) < 4.78 is 5.56. The maximum Gasteiger partial charge on any atom is 0.274 e. The first-order chi connectivity index (χ1) is 9.24. The van der Waals surface area contributed by atoms with Crippen LogP contribution in [-0.2, 0) is 4.74 Å². The van der Waals surface area contributed by atoms with Crippen molar-refractivity contribution < 1.29 is 9.53 Å². The minimum Gasteiger partial charge on any atom is -0.375 e. The van der Waals surface area contributed by atoms with Gasteiger partial charge in [-0.1, -0.05) is 6.92 Å². The van der Waals surface area contributed by atoms with Crippen LogP contribution in [0.15, 0.2) is 12.4 Å². The van der Waals surface area contributed by atoms with Gasteiger partial charge in [0.15, 0.2) is 0 Å². The third kappa shape index (κ3) is 3.41. The first-order valence-electron chi connectivity index (χ1n) is 6.71. The topological polar surface area (TPSA) is 67.4 Å². The van der Waals surface area contributed by atoms with Crippen LogP contribution in [-0.4, -0.2) is 53.1 Å². The summed E-state index contributed by atoms with van der Waals surface area (Å²) in [6.07, 6.45) is 4.17. The van der Waals surface area contributed by atoms with E-state index in [-0.39, 0.29) is 12.0 Å². The van der Waals surface area contributed by atoms with Crippen molar-refractivity contribution in [3.8, 4) is 0 Å². The van der Waals surface area contributed by atoms with Gasteiger partial charge in [0.2, 0.25) is 0 Å². The zero-order valence-corrected chi connectivity index (χ0v) is 11.4. The van der Waals surface area contributed by atoms with Crippen LogP contribution >= 0.6 is 0 Å². The molecule has 1 unspecified atom stereocenters. The van der Waals surface area contributed by atoms with Gasteiger partial charge in [-0.2, -0.15) is 0 Å². The molecule has 1 aromatic heterocycles. The zero-order chi connectivity index (χ0) is 13.7. The van der Waals surface area contributed by atoms with E-state index >= 15 is 0 Å². The van der Waals surface area contributed by atoms with Gasteiger partial charge in [0.1, 0.15) is 11.5 Å². The van der Waals surface area contributed by atoms with Gasteiger partial charge in [0, 0.05) is 19.6 Å². The van der Waals surface area contributed by atoms with Crippen LogP contribution in [0.1, 0.15) is 30.8 Å². The number of hydrogen-bond donors (Lipinski definition) is 1. The molecule has 104 valence electrons. The number of carbonyl (C=O) groups is 1. The van der Waals surface area contributed by atoms with Crippen LogP contribution in [0.2, 0.25) is 0 Å². The van der Waals surface area contributed by atoms with Crippen molar-refractivity contribution in [2.45, 2.75) is 26.4 Å². The molecule has 1 aliphatic rings. The molecule has 1 amide bonds. The molecule has 2 rings (SSSR count). The quantitative estimate of drug-likeness (QED) is 0.884. The number of morpholine rings is 1. The van der Waals surface area contributed by atoms with E-state index in [1.807, 2.05) is 6.92 Å². The number of hydrogen-bond acceptors (Lipinski definition) is 5. The largest absolute Gasteiger partial charge is 0.375 e. The first kappa shape index (κ1) is 13.7. The number of rotatable bonds is 4. The third-order valence-electron chi connectivity index (χ3n) is 3.09. The van der Waals surface area contributed by atoms with E-state index in [2.05, 4.69) is 22.2 Å². The predicted octanol–water partition coefficient (Wildman–Crippen LogP) is 1.16. The Balaban J connectivity index is 2.08. The Hall–Kier alpha value is -1.69. The van der Waals surface area contributed by atoms with Gasteiger partial charge < -0.3 is 15.0 Å². The van der Waals surface area contributed by atoms with Crippen molar-refractivity contribution >= 4 is 11.7 Å². The average molecular weight is 264 g/mol. The fraction of sp³-hybridized carbons (Fsp3) is 0.615. The molecule has 0 aromatic carbocycles. The van der Waals surface area contributed by atoms with Crippen molar-refractivity contribution in [3.63, 3.8) is 0 Å². The van der Waals surface area contributed by atoms with Gasteiger partial charge in [-0.25, -0.2) is 4.98 Å². The lowest BCUT2D eigenvalue weighted by Gasteiger charge is -2.32. The molecule has 0 saturated carbocycles. The molecule has 0 aliphatic carbocycles. The Labute approximate surface area is 113 Å². The minimum atomic E-state index is -0.0750. The van der Waals surface area contributed by atoms with Crippen LogP contribution < -0.4 is 5.32 Å². The maximum atomic E-state index is 12.4. The molecule has 1 aliphatic heterocycles. The fourth-order valence-corrected chi connectivity index (χ4v) is 2.05. The SMILES string of the molecule is CCNc1cncc(C(=O)N2CCOC(CC)C2)n1. The molecule has 0 spiro atoms. The fourth-order valence-electron chi connectivity index (χ4n) is 2.05. The predicted molar refractivity (Wildman–Crippen MR) is 72.1 cm³/mol. The highest BCUT2D eigenvalue weighted by Crippen LogP contribution is 2.12. The van der Waals surface area contributed by atoms with Crippen LogP contribution in [0.3, 0.4) is 0 Å². The monoisotopic (exact) mass is 264 g/mol. The van der Waals surface area contributed by atoms with E-state index in [4.69, 9.17) is 4.74 Å². The Morgan fingerprint density at radius 3 is 3.11 bits per heavy atom. The minimum absolute atomic E-state index is 0.0750. The number of nitrogens with one attached hydrogen (secondary N) is 1. The zero-order valence-electron chi connectivity index (χ0n) is 11.4. The number of aromatic nitrogens is 2. The number of nitrogens with zero attached hydrogens (tertiary/aromatic N) is 3. The number of carbonyl (C=O) groups excluding carboxylic acids is 1. The molecule has 1 atom stereocenters. The second-order valence-electron chi connectivity index (χ2n) is 4.47. The van der Waals surface area contributed by atoms with E-state index in [1.54, 1.807) is 11.1 Å². The summed E-state index contributed by atoms with van der Waals surface area (Å²) in [7, 11) is 0. The van der Waals surface area contributed by atoms with Crippen molar-refractivity contribution in [1.29, 1.82) is 0 Å². The average Bonchev–Trinajstić information content (AvgIpc) is 2.47. The summed E-state index contributed by atoms with van der Waals surface area (Å²) in [5.74, 6) is 0.558. The Kier molecular flexibility index (Phi) is 4.68. The number of anilines is 1. The van der Waals surface area contributed by atoms with Gasteiger partial charge in [-0.3, -0.25) is 9.78 Å². The first-order valence-corrected chi connectivity index (χ1v) is 6.71. The van der Waals surface area contributed by atoms with E-state index in [0.29, 0.717) is 31.2 Å². The van der Waals surface area contributed by atoms with E-state index < -0.39 is 0 Å². The molecule has 6 heteroatoms. The highest BCUT2D eigenvalue weighted by atomic mass is 16.5. The van der Waals surface area contributed by atoms with Crippen LogP contribution in [0.4, 0.5) is 5.82 Å². The normalized spacial score (nSPS) is 19.3. The number of ether oxygens (including phenoxy) is 1. The second kappa shape index (κ2) is 6.47. The lowest BCUT2D eigenvalue weighted by atomic mass is 10.2. The third-order valence-corrected chi connectivity index (χ3v) is 3.09. The highest BCUT2D eigenvalue weighted by molar-refractivity contribution is 5.92. The van der Waals surface area contributed by atoms with E-state index in [9.17, 15) is 4.79 Å². The molecule has 2 heterocycles. The molecular formula is C13H20N4O2. The van der Waals surface area contributed by atoms with E-state index in [1.165, 1.54) is 6.20 Å².